The summed E-state index contributed by atoms with van der Waals surface area (Å²) in [6.45, 7) is 2.39. The van der Waals surface area contributed by atoms with Crippen LogP contribution in [0.25, 0.3) is 0 Å². The average molecular weight is 792 g/mol. The van der Waals surface area contributed by atoms with Crippen molar-refractivity contribution in [1.29, 1.82) is 0 Å². The van der Waals surface area contributed by atoms with Crippen LogP contribution >= 0.6 is 12.4 Å². The topological polar surface area (TPSA) is 85.3 Å². The van der Waals surface area contributed by atoms with Gasteiger partial charge in [-0.2, -0.15) is 0 Å². The molecule has 3 aliphatic carbocycles. The summed E-state index contributed by atoms with van der Waals surface area (Å²) in [5.41, 5.74) is 2.09. The van der Waals surface area contributed by atoms with Gasteiger partial charge in [0.1, 0.15) is 0 Å². The minimum absolute atomic E-state index is 0. The maximum atomic E-state index is 13.5. The van der Waals surface area contributed by atoms with E-state index in [4.69, 9.17) is 9.84 Å². The van der Waals surface area contributed by atoms with E-state index < -0.39 is 29.9 Å². The molecule has 4 heterocycles. The van der Waals surface area contributed by atoms with Crippen molar-refractivity contribution < 1.29 is 46.1 Å². The number of ether oxygens (including phenoxy) is 1. The number of likely N-dealkylation sites (tertiary alicyclic amines) is 1. The van der Waals surface area contributed by atoms with Crippen LogP contribution in [0.3, 0.4) is 0 Å². The number of aliphatic hydroxyl groups is 2. The Balaban J connectivity index is 0.000000181. The fourth-order valence-corrected chi connectivity index (χ4v) is 10.1. The van der Waals surface area contributed by atoms with Gasteiger partial charge in [0.05, 0.1) is 25.9 Å². The zero-order valence-corrected chi connectivity index (χ0v) is 29.6. The van der Waals surface area contributed by atoms with Gasteiger partial charge in [-0.05, 0) is 41.7 Å². The highest BCUT2D eigenvalue weighted by molar-refractivity contribution is 5.85. The number of nitrogens with zero attached hydrogens (tertiary/aromatic N) is 2. The molecule has 0 spiro atoms. The van der Waals surface area contributed by atoms with Crippen molar-refractivity contribution in [2.24, 2.45) is 35.5 Å². The predicted molar refractivity (Wildman–Crippen MR) is 197 cm³/mol. The Hall–Kier alpha value is -2.42. The summed E-state index contributed by atoms with van der Waals surface area (Å²) in [5, 5.41) is 21.5. The van der Waals surface area contributed by atoms with Crippen LogP contribution < -0.4 is 5.32 Å². The van der Waals surface area contributed by atoms with E-state index in [0.717, 1.165) is 12.1 Å². The van der Waals surface area contributed by atoms with Gasteiger partial charge >= 0.3 is 0 Å². The van der Waals surface area contributed by atoms with Crippen molar-refractivity contribution in [3.8, 4) is 0 Å². The summed E-state index contributed by atoms with van der Waals surface area (Å²) in [4.78, 5) is 16.3. The third-order valence-electron chi connectivity index (χ3n) is 12.4. The molecule has 0 radical (unpaired) electrons. The summed E-state index contributed by atoms with van der Waals surface area (Å²) in [6.07, 6.45) is -1.02. The van der Waals surface area contributed by atoms with Crippen molar-refractivity contribution in [3.63, 3.8) is 0 Å². The van der Waals surface area contributed by atoms with Gasteiger partial charge in [-0.1, -0.05) is 75.5 Å². The van der Waals surface area contributed by atoms with Crippen LogP contribution in [0.4, 0.5) is 26.3 Å². The highest BCUT2D eigenvalue weighted by Crippen LogP contribution is 2.54. The number of rotatable bonds is 5. The smallest absolute Gasteiger partial charge is 0.249 e. The fourth-order valence-electron chi connectivity index (χ4n) is 10.1. The molecule has 7 fully saturated rings. The lowest BCUT2D eigenvalue weighted by Gasteiger charge is -2.27. The molecule has 0 bridgehead atoms. The molecule has 4 saturated heterocycles. The number of fused-ring (bicyclic) bond motifs is 5. The monoisotopic (exact) mass is 791 g/mol. The molecule has 304 valence electrons. The third-order valence-corrected chi connectivity index (χ3v) is 12.4. The zero-order valence-electron chi connectivity index (χ0n) is 28.8. The molecule has 1 amide bonds. The summed E-state index contributed by atoms with van der Waals surface area (Å²) in [6, 6.07) is 19.1. The SMILES string of the molecule is C.C.Cl.O=C1C2CC(F)(F)C[C@@H]2C2CO[C@@H](c3ccccc3)N12.OCC1NCC2CC(F)(F)C[C@@H]21.OCC1[C@H]2CC(F)(F)CC2CN1Cc1ccccc1. The van der Waals surface area contributed by atoms with Crippen LogP contribution in [0.2, 0.25) is 0 Å². The second-order valence-corrected chi connectivity index (χ2v) is 15.7. The van der Waals surface area contributed by atoms with Crippen LogP contribution in [-0.4, -0.2) is 94.7 Å². The molecule has 2 aromatic rings. The van der Waals surface area contributed by atoms with Gasteiger partial charge in [0.2, 0.25) is 23.7 Å². The first-order chi connectivity index (χ1) is 24.3. The molecule has 3 saturated carbocycles. The normalized spacial score (nSPS) is 35.9. The number of carbonyl (C=O) groups excluding carboxylic acids is 1. The van der Waals surface area contributed by atoms with Crippen LogP contribution in [0.15, 0.2) is 60.7 Å². The van der Waals surface area contributed by atoms with Gasteiger partial charge in [0.15, 0.2) is 6.23 Å². The van der Waals surface area contributed by atoms with Crippen LogP contribution in [-0.2, 0) is 16.1 Å². The van der Waals surface area contributed by atoms with E-state index in [9.17, 15) is 36.2 Å². The van der Waals surface area contributed by atoms with E-state index in [-0.39, 0.29) is 133 Å². The Morgan fingerprint density at radius 2 is 1.31 bits per heavy atom. The average Bonchev–Trinajstić information content (AvgIpc) is 3.94. The molecule has 14 heteroatoms. The second-order valence-electron chi connectivity index (χ2n) is 15.7. The zero-order chi connectivity index (χ0) is 36.1. The Labute approximate surface area is 321 Å². The highest BCUT2D eigenvalue weighted by atomic mass is 35.5. The lowest BCUT2D eigenvalue weighted by Crippen LogP contribution is -2.36. The lowest BCUT2D eigenvalue weighted by molar-refractivity contribution is -0.139. The standard InChI is InChI=1S/C15H15F2NO2.C15H19F2NO.C8H13F2NO.2CH4.ClH/c16-15(17)6-10-11(7-15)13(19)18-12(10)8-20-14(18)9-4-2-1-3-5-9;16-15(17)6-12-9-18(14(10-19)13(12)7-15)8-11-4-2-1-3-5-11;9-8(10)1-5-3-11-7(4-12)6(5)2-8;;;/h1-5,10-12,14H,6-8H2;1-5,12-14,19H,6-10H2;5-7,11-12H,1-4H2;2*1H4;1H/t10-,11?,12?,14-;12?,13-,14?;5?,6-,7?;;;/m000.../s1. The Kier molecular flexibility index (Phi) is 14.3. The van der Waals surface area contributed by atoms with E-state index in [2.05, 4.69) is 10.2 Å². The van der Waals surface area contributed by atoms with Crippen LogP contribution in [0, 0.1) is 35.5 Å². The third kappa shape index (κ3) is 9.07. The number of halogens is 7. The molecule has 7 aliphatic rings. The molecule has 3 N–H and O–H groups in total. The minimum Gasteiger partial charge on any atom is -0.395 e. The van der Waals surface area contributed by atoms with Gasteiger partial charge in [-0.15, -0.1) is 12.4 Å². The molecular formula is C40H56ClF6N3O4. The van der Waals surface area contributed by atoms with E-state index in [0.29, 0.717) is 19.7 Å². The number of carbonyl (C=O) groups is 1. The van der Waals surface area contributed by atoms with Crippen molar-refractivity contribution in [3.05, 3.63) is 71.8 Å². The van der Waals surface area contributed by atoms with E-state index in [1.54, 1.807) is 4.90 Å². The van der Waals surface area contributed by atoms with E-state index in [1.807, 2.05) is 60.7 Å². The number of hydrogen-bond acceptors (Lipinski definition) is 6. The fraction of sp³-hybridized carbons (Fsp3) is 0.675. The second kappa shape index (κ2) is 17.4. The number of benzene rings is 2. The molecule has 54 heavy (non-hydrogen) atoms. The maximum absolute atomic E-state index is 13.5. The summed E-state index contributed by atoms with van der Waals surface area (Å²) < 4.78 is 85.3. The van der Waals surface area contributed by atoms with E-state index >= 15 is 0 Å². The van der Waals surface area contributed by atoms with Gasteiger partial charge in [-0.3, -0.25) is 9.69 Å². The molecular weight excluding hydrogens is 736 g/mol. The molecule has 4 aliphatic heterocycles. The highest BCUT2D eigenvalue weighted by Gasteiger charge is 2.62. The predicted octanol–water partition coefficient (Wildman–Crippen LogP) is 7.42. The van der Waals surface area contributed by atoms with Crippen molar-refractivity contribution in [2.45, 2.75) is 102 Å². The lowest BCUT2D eigenvalue weighted by atomic mass is 9.94. The van der Waals surface area contributed by atoms with E-state index in [1.165, 1.54) is 5.56 Å². The Bertz CT molecular complexity index is 1510. The number of nitrogens with one attached hydrogen (secondary N) is 1. The summed E-state index contributed by atoms with van der Waals surface area (Å²) in [7, 11) is 0. The molecule has 10 atom stereocenters. The summed E-state index contributed by atoms with van der Waals surface area (Å²) in [5.74, 6) is -8.59. The van der Waals surface area contributed by atoms with Gasteiger partial charge in [0, 0.05) is 75.2 Å². The van der Waals surface area contributed by atoms with Crippen molar-refractivity contribution in [1.82, 2.24) is 15.1 Å². The number of amides is 1. The molecule has 9 rings (SSSR count). The van der Waals surface area contributed by atoms with Gasteiger partial charge in [-0.25, -0.2) is 26.3 Å². The number of alkyl halides is 6. The number of hydrogen-bond donors (Lipinski definition) is 3. The summed E-state index contributed by atoms with van der Waals surface area (Å²) >= 11 is 0. The van der Waals surface area contributed by atoms with Crippen molar-refractivity contribution in [2.75, 3.05) is 32.9 Å². The number of aliphatic hydroxyl groups excluding tert-OH is 2. The first kappa shape index (κ1) is 44.3. The Morgan fingerprint density at radius 3 is 1.94 bits per heavy atom. The molecule has 7 nitrogen and oxygen atoms in total. The van der Waals surface area contributed by atoms with Crippen molar-refractivity contribution >= 4 is 18.3 Å². The molecule has 0 aromatic heterocycles. The maximum Gasteiger partial charge on any atom is 0.249 e. The molecule has 2 aromatic carbocycles. The van der Waals surface area contributed by atoms with Gasteiger partial charge in [0.25, 0.3) is 0 Å². The molecule has 6 unspecified atom stereocenters. The quantitative estimate of drug-likeness (QED) is 0.274. The van der Waals surface area contributed by atoms with Gasteiger partial charge < -0.3 is 25.2 Å². The first-order valence-corrected chi connectivity index (χ1v) is 18.1. The largest absolute Gasteiger partial charge is 0.395 e. The minimum atomic E-state index is -2.69. The Morgan fingerprint density at radius 1 is 0.741 bits per heavy atom. The van der Waals surface area contributed by atoms with Crippen LogP contribution in [0.5, 0.6) is 0 Å². The first-order valence-electron chi connectivity index (χ1n) is 18.1. The van der Waals surface area contributed by atoms with Crippen LogP contribution in [0.1, 0.15) is 70.7 Å².